The summed E-state index contributed by atoms with van der Waals surface area (Å²) >= 11 is 5.71. The number of hydrogen-bond acceptors (Lipinski definition) is 4. The number of benzene rings is 1. The van der Waals surface area contributed by atoms with Crippen LogP contribution < -0.4 is 4.74 Å². The highest BCUT2D eigenvalue weighted by Crippen LogP contribution is 2.28. The maximum atomic E-state index is 12.4. The van der Waals surface area contributed by atoms with Crippen molar-refractivity contribution in [3.05, 3.63) is 33.9 Å². The van der Waals surface area contributed by atoms with Crippen LogP contribution in [-0.4, -0.2) is 41.8 Å². The van der Waals surface area contributed by atoms with Gasteiger partial charge in [-0.15, -0.1) is 11.6 Å². The summed E-state index contributed by atoms with van der Waals surface area (Å²) in [5, 5.41) is 11.0. The third-order valence-electron chi connectivity index (χ3n) is 3.05. The smallest absolute Gasteiger partial charge is 0.311 e. The summed E-state index contributed by atoms with van der Waals surface area (Å²) in [6.45, 7) is 3.03. The maximum absolute atomic E-state index is 12.4. The number of halogens is 1. The van der Waals surface area contributed by atoms with Gasteiger partial charge in [0.05, 0.1) is 12.0 Å². The van der Waals surface area contributed by atoms with Crippen LogP contribution in [0.2, 0.25) is 0 Å². The van der Waals surface area contributed by atoms with Gasteiger partial charge in [-0.1, -0.05) is 13.3 Å². The molecule has 0 atom stereocenters. The first kappa shape index (κ1) is 17.2. The van der Waals surface area contributed by atoms with E-state index in [1.165, 1.54) is 25.3 Å². The van der Waals surface area contributed by atoms with Gasteiger partial charge in [0.1, 0.15) is 0 Å². The minimum absolute atomic E-state index is 0.133. The van der Waals surface area contributed by atoms with Crippen molar-refractivity contribution in [3.8, 4) is 5.75 Å². The number of hydrogen-bond donors (Lipinski definition) is 0. The summed E-state index contributed by atoms with van der Waals surface area (Å²) in [5.74, 6) is 0.206. The fourth-order valence-corrected chi connectivity index (χ4v) is 2.12. The standard InChI is InChI=1S/C14H19ClN2O4/c1-3-4-8-16(9-7-15)14(18)11-5-6-13(21-2)12(10-11)17(19)20/h5-6,10H,3-4,7-9H2,1-2H3. The number of ether oxygens (including phenoxy) is 1. The van der Waals surface area contributed by atoms with E-state index in [1.807, 2.05) is 6.92 Å². The van der Waals surface area contributed by atoms with Gasteiger partial charge in [0.15, 0.2) is 5.75 Å². The fraction of sp³-hybridized carbons (Fsp3) is 0.500. The minimum Gasteiger partial charge on any atom is -0.490 e. The van der Waals surface area contributed by atoms with Crippen LogP contribution in [0.3, 0.4) is 0 Å². The molecule has 7 heteroatoms. The average molecular weight is 315 g/mol. The number of carbonyl (C=O) groups excluding carboxylic acids is 1. The summed E-state index contributed by atoms with van der Waals surface area (Å²) in [6, 6.07) is 4.21. The second-order valence-electron chi connectivity index (χ2n) is 4.48. The molecule has 0 aromatic heterocycles. The summed E-state index contributed by atoms with van der Waals surface area (Å²) in [7, 11) is 1.35. The molecule has 0 aliphatic carbocycles. The summed E-state index contributed by atoms with van der Waals surface area (Å²) in [5.41, 5.74) is 0.0494. The summed E-state index contributed by atoms with van der Waals surface area (Å²) < 4.78 is 4.93. The molecule has 0 bridgehead atoms. The molecule has 0 radical (unpaired) electrons. The zero-order chi connectivity index (χ0) is 15.8. The SMILES string of the molecule is CCCCN(CCCl)C(=O)c1ccc(OC)c([N+](=O)[O-])c1. The molecule has 0 unspecified atom stereocenters. The van der Waals surface area contributed by atoms with Gasteiger partial charge in [0, 0.05) is 30.6 Å². The quantitative estimate of drug-likeness (QED) is 0.420. The van der Waals surface area contributed by atoms with E-state index in [4.69, 9.17) is 16.3 Å². The van der Waals surface area contributed by atoms with E-state index >= 15 is 0 Å². The third kappa shape index (κ3) is 4.60. The van der Waals surface area contributed by atoms with Crippen LogP contribution in [0.4, 0.5) is 5.69 Å². The Hall–Kier alpha value is -1.82. The lowest BCUT2D eigenvalue weighted by Gasteiger charge is -2.21. The van der Waals surface area contributed by atoms with Crippen LogP contribution in [0.1, 0.15) is 30.1 Å². The van der Waals surface area contributed by atoms with E-state index in [0.29, 0.717) is 19.0 Å². The van der Waals surface area contributed by atoms with E-state index in [9.17, 15) is 14.9 Å². The predicted octanol–water partition coefficient (Wildman–Crippen LogP) is 3.08. The predicted molar refractivity (Wildman–Crippen MR) is 81.2 cm³/mol. The van der Waals surface area contributed by atoms with Crippen LogP contribution in [-0.2, 0) is 0 Å². The molecule has 0 fully saturated rings. The Morgan fingerprint density at radius 2 is 2.14 bits per heavy atom. The van der Waals surface area contributed by atoms with Gasteiger partial charge in [0.25, 0.3) is 5.91 Å². The number of alkyl halides is 1. The zero-order valence-corrected chi connectivity index (χ0v) is 12.9. The van der Waals surface area contributed by atoms with Crippen molar-refractivity contribution in [2.45, 2.75) is 19.8 Å². The highest BCUT2D eigenvalue weighted by atomic mass is 35.5. The second kappa shape index (κ2) is 8.46. The Morgan fingerprint density at radius 3 is 2.67 bits per heavy atom. The van der Waals surface area contributed by atoms with Crippen molar-refractivity contribution in [2.75, 3.05) is 26.1 Å². The van der Waals surface area contributed by atoms with Crippen LogP contribution in [0.15, 0.2) is 18.2 Å². The first-order valence-electron chi connectivity index (χ1n) is 6.72. The van der Waals surface area contributed by atoms with Crippen molar-refractivity contribution >= 4 is 23.2 Å². The normalized spacial score (nSPS) is 10.2. The maximum Gasteiger partial charge on any atom is 0.311 e. The van der Waals surface area contributed by atoms with Gasteiger partial charge in [0.2, 0.25) is 0 Å². The molecule has 116 valence electrons. The van der Waals surface area contributed by atoms with Gasteiger partial charge in [-0.25, -0.2) is 0 Å². The number of amides is 1. The summed E-state index contributed by atoms with van der Waals surface area (Å²) in [4.78, 5) is 24.5. The molecular formula is C14H19ClN2O4. The molecule has 1 amide bonds. The number of carbonyl (C=O) groups is 1. The number of nitrogens with zero attached hydrogens (tertiary/aromatic N) is 2. The molecule has 0 saturated carbocycles. The highest BCUT2D eigenvalue weighted by molar-refractivity contribution is 6.18. The molecule has 6 nitrogen and oxygen atoms in total. The first-order valence-corrected chi connectivity index (χ1v) is 7.26. The van der Waals surface area contributed by atoms with Gasteiger partial charge < -0.3 is 9.64 Å². The van der Waals surface area contributed by atoms with Crippen molar-refractivity contribution in [1.29, 1.82) is 0 Å². The van der Waals surface area contributed by atoms with Crippen LogP contribution in [0.5, 0.6) is 5.75 Å². The third-order valence-corrected chi connectivity index (χ3v) is 3.21. The second-order valence-corrected chi connectivity index (χ2v) is 4.86. The fourth-order valence-electron chi connectivity index (χ4n) is 1.91. The number of methoxy groups -OCH3 is 1. The number of nitro groups is 1. The molecule has 21 heavy (non-hydrogen) atoms. The Labute approximate surface area is 128 Å². The molecular weight excluding hydrogens is 296 g/mol. The zero-order valence-electron chi connectivity index (χ0n) is 12.2. The molecule has 0 N–H and O–H groups in total. The van der Waals surface area contributed by atoms with E-state index < -0.39 is 4.92 Å². The lowest BCUT2D eigenvalue weighted by Crippen LogP contribution is -2.33. The average Bonchev–Trinajstić information content (AvgIpc) is 2.50. The summed E-state index contributed by atoms with van der Waals surface area (Å²) in [6.07, 6.45) is 1.82. The van der Waals surface area contributed by atoms with Crippen molar-refractivity contribution in [2.24, 2.45) is 0 Å². The van der Waals surface area contributed by atoms with E-state index in [1.54, 1.807) is 4.90 Å². The monoisotopic (exact) mass is 314 g/mol. The molecule has 1 rings (SSSR count). The lowest BCUT2D eigenvalue weighted by molar-refractivity contribution is -0.385. The topological polar surface area (TPSA) is 72.7 Å². The van der Waals surface area contributed by atoms with Gasteiger partial charge >= 0.3 is 5.69 Å². The van der Waals surface area contributed by atoms with E-state index in [0.717, 1.165) is 12.8 Å². The first-order chi connectivity index (χ1) is 10.0. The minimum atomic E-state index is -0.562. The van der Waals surface area contributed by atoms with Gasteiger partial charge in [-0.05, 0) is 18.6 Å². The molecule has 0 aliphatic rings. The van der Waals surface area contributed by atoms with Gasteiger partial charge in [-0.3, -0.25) is 14.9 Å². The highest BCUT2D eigenvalue weighted by Gasteiger charge is 2.21. The number of rotatable bonds is 8. The molecule has 0 aliphatic heterocycles. The molecule has 0 heterocycles. The lowest BCUT2D eigenvalue weighted by atomic mass is 10.1. The van der Waals surface area contributed by atoms with Crippen molar-refractivity contribution < 1.29 is 14.5 Å². The van der Waals surface area contributed by atoms with Gasteiger partial charge in [-0.2, -0.15) is 0 Å². The molecule has 0 spiro atoms. The van der Waals surface area contributed by atoms with Crippen LogP contribution in [0, 0.1) is 10.1 Å². The Kier molecular flexibility index (Phi) is 6.94. The van der Waals surface area contributed by atoms with Crippen molar-refractivity contribution in [3.63, 3.8) is 0 Å². The van der Waals surface area contributed by atoms with Crippen molar-refractivity contribution in [1.82, 2.24) is 4.90 Å². The number of unbranched alkanes of at least 4 members (excludes halogenated alkanes) is 1. The molecule has 0 saturated heterocycles. The largest absolute Gasteiger partial charge is 0.490 e. The molecule has 1 aromatic rings. The Bertz CT molecular complexity index is 508. The van der Waals surface area contributed by atoms with Crippen LogP contribution in [0.25, 0.3) is 0 Å². The van der Waals surface area contributed by atoms with E-state index in [-0.39, 0.29) is 22.9 Å². The Balaban J connectivity index is 3.04. The Morgan fingerprint density at radius 1 is 1.43 bits per heavy atom. The molecule has 1 aromatic carbocycles. The number of nitro benzene ring substituents is 1. The van der Waals surface area contributed by atoms with E-state index in [2.05, 4.69) is 0 Å². The van der Waals surface area contributed by atoms with Crippen LogP contribution >= 0.6 is 11.6 Å².